The molecule has 1 aliphatic heterocycles. The highest BCUT2D eigenvalue weighted by molar-refractivity contribution is 8.26. The van der Waals surface area contributed by atoms with Crippen LogP contribution < -0.4 is 0 Å². The fourth-order valence-electron chi connectivity index (χ4n) is 0.285. The van der Waals surface area contributed by atoms with Gasteiger partial charge in [0, 0.05) is 0 Å². The van der Waals surface area contributed by atoms with Gasteiger partial charge in [-0.1, -0.05) is 23.4 Å². The van der Waals surface area contributed by atoms with E-state index in [1.54, 1.807) is 0 Å². The zero-order chi connectivity index (χ0) is 6.20. The summed E-state index contributed by atoms with van der Waals surface area (Å²) in [7, 11) is -3.18. The summed E-state index contributed by atoms with van der Waals surface area (Å²) in [5.74, 6) is 0. The number of hydrogen-bond acceptors (Lipinski definition) is 3. The summed E-state index contributed by atoms with van der Waals surface area (Å²) < 4.78 is 24.0. The molecular weight excluding hydrogens is 170 g/mol. The molecule has 0 unspecified atom stereocenters. The van der Waals surface area contributed by atoms with Crippen LogP contribution in [0.5, 0.6) is 0 Å². The summed E-state index contributed by atoms with van der Waals surface area (Å²) >= 11 is 6.26. The molecule has 3 nitrogen and oxygen atoms in total. The Kier molecular flexibility index (Phi) is 1.51. The van der Waals surface area contributed by atoms with Crippen molar-refractivity contribution in [3.63, 3.8) is 0 Å². The van der Waals surface area contributed by atoms with Crippen LogP contribution in [0.25, 0.3) is 0 Å². The first-order chi connectivity index (χ1) is 3.60. The van der Waals surface area contributed by atoms with Gasteiger partial charge in [0.15, 0.2) is 4.50 Å². The van der Waals surface area contributed by atoms with Crippen molar-refractivity contribution >= 4 is 37.9 Å². The number of thioether (sulfide) groups is 1. The monoisotopic (exact) mass is 171 g/mol. The smallest absolute Gasteiger partial charge is 0.204 e. The van der Waals surface area contributed by atoms with E-state index in [2.05, 4.69) is 4.40 Å². The molecule has 0 bridgehead atoms. The molecule has 46 valence electrons. The summed E-state index contributed by atoms with van der Waals surface area (Å²) in [5, 5.41) is -0.00810. The molecule has 0 atom stereocenters. The van der Waals surface area contributed by atoms with E-state index in [1.807, 2.05) is 0 Å². The van der Waals surface area contributed by atoms with E-state index >= 15 is 0 Å². The molecule has 1 heterocycles. The molecule has 0 aromatic heterocycles. The van der Waals surface area contributed by atoms with Crippen LogP contribution in [0.15, 0.2) is 4.40 Å². The summed E-state index contributed by atoms with van der Waals surface area (Å²) in [6, 6.07) is 0. The quantitative estimate of drug-likeness (QED) is 0.537. The lowest BCUT2D eigenvalue weighted by Crippen LogP contribution is -1.89. The van der Waals surface area contributed by atoms with Gasteiger partial charge in [-0.25, -0.2) is 8.42 Å². The molecule has 0 saturated heterocycles. The maximum absolute atomic E-state index is 10.3. The first kappa shape index (κ1) is 6.38. The van der Waals surface area contributed by atoms with Crippen LogP contribution in [0.4, 0.5) is 0 Å². The Bertz CT molecular complexity index is 218. The van der Waals surface area contributed by atoms with Crippen molar-refractivity contribution in [1.82, 2.24) is 0 Å². The molecular formula is C2H2ClNO2S2. The van der Waals surface area contributed by atoms with Gasteiger partial charge in [-0.3, -0.25) is 0 Å². The van der Waals surface area contributed by atoms with Crippen molar-refractivity contribution in [3.05, 3.63) is 0 Å². The van der Waals surface area contributed by atoms with Crippen molar-refractivity contribution in [2.24, 2.45) is 4.40 Å². The average molecular weight is 172 g/mol. The second kappa shape index (κ2) is 1.89. The van der Waals surface area contributed by atoms with Crippen LogP contribution in [-0.2, 0) is 10.0 Å². The zero-order valence-corrected chi connectivity index (χ0v) is 6.05. The third-order valence-electron chi connectivity index (χ3n) is 0.538. The van der Waals surface area contributed by atoms with Crippen molar-refractivity contribution in [3.8, 4) is 0 Å². The van der Waals surface area contributed by atoms with Crippen LogP contribution >= 0.6 is 23.4 Å². The largest absolute Gasteiger partial charge is 0.264 e. The standard InChI is InChI=1S/C2H2ClNO2S2/c3-2-4-8(5,6)1-7-2/h1H2. The molecule has 6 heteroatoms. The summed E-state index contributed by atoms with van der Waals surface area (Å²) in [4.78, 5) is 0. The fourth-order valence-corrected chi connectivity index (χ4v) is 2.97. The minimum Gasteiger partial charge on any atom is -0.204 e. The van der Waals surface area contributed by atoms with Crippen LogP contribution in [-0.4, -0.2) is 18.0 Å². The minimum absolute atomic E-state index is 0.00810. The molecule has 0 amide bonds. The zero-order valence-electron chi connectivity index (χ0n) is 3.67. The van der Waals surface area contributed by atoms with Gasteiger partial charge in [-0.2, -0.15) is 0 Å². The van der Waals surface area contributed by atoms with Gasteiger partial charge in [0.2, 0.25) is 0 Å². The van der Waals surface area contributed by atoms with E-state index in [-0.39, 0.29) is 9.59 Å². The summed E-state index contributed by atoms with van der Waals surface area (Å²) in [6.45, 7) is 0. The molecule has 0 fully saturated rings. The van der Waals surface area contributed by atoms with E-state index in [9.17, 15) is 8.42 Å². The number of sulfonamides is 1. The van der Waals surface area contributed by atoms with Crippen molar-refractivity contribution in [1.29, 1.82) is 0 Å². The minimum atomic E-state index is -3.18. The first-order valence-corrected chi connectivity index (χ1v) is 4.68. The Labute approximate surface area is 56.2 Å². The van der Waals surface area contributed by atoms with Gasteiger partial charge in [-0.15, -0.1) is 4.40 Å². The Morgan fingerprint density at radius 1 is 1.75 bits per heavy atom. The lowest BCUT2D eigenvalue weighted by Gasteiger charge is -1.76. The topological polar surface area (TPSA) is 46.5 Å². The molecule has 0 aromatic carbocycles. The Morgan fingerprint density at radius 3 is 2.50 bits per heavy atom. The number of halogens is 1. The highest BCUT2D eigenvalue weighted by Crippen LogP contribution is 2.20. The number of rotatable bonds is 0. The lowest BCUT2D eigenvalue weighted by molar-refractivity contribution is 0.603. The van der Waals surface area contributed by atoms with Gasteiger partial charge < -0.3 is 0 Å². The molecule has 0 aliphatic carbocycles. The Balaban J connectivity index is 3.00. The van der Waals surface area contributed by atoms with E-state index in [1.165, 1.54) is 0 Å². The van der Waals surface area contributed by atoms with Gasteiger partial charge >= 0.3 is 0 Å². The highest BCUT2D eigenvalue weighted by atomic mass is 35.5. The second-order valence-corrected chi connectivity index (χ2v) is 4.74. The van der Waals surface area contributed by atoms with Gasteiger partial charge in [0.1, 0.15) is 5.08 Å². The molecule has 0 saturated carbocycles. The predicted molar refractivity (Wildman–Crippen MR) is 34.7 cm³/mol. The summed E-state index contributed by atoms with van der Waals surface area (Å²) in [5.41, 5.74) is 0. The normalized spacial score (nSPS) is 25.4. The molecule has 8 heavy (non-hydrogen) atoms. The van der Waals surface area contributed by atoms with Crippen LogP contribution in [0, 0.1) is 0 Å². The molecule has 0 radical (unpaired) electrons. The number of hydrogen-bond donors (Lipinski definition) is 0. The van der Waals surface area contributed by atoms with Crippen LogP contribution in [0.3, 0.4) is 0 Å². The van der Waals surface area contributed by atoms with Crippen LogP contribution in [0.1, 0.15) is 0 Å². The Morgan fingerprint density at radius 2 is 2.38 bits per heavy atom. The van der Waals surface area contributed by atoms with Crippen LogP contribution in [0.2, 0.25) is 0 Å². The predicted octanol–water partition coefficient (Wildman–Crippen LogP) is 0.615. The van der Waals surface area contributed by atoms with Gasteiger partial charge in [0.05, 0.1) is 0 Å². The lowest BCUT2D eigenvalue weighted by atomic mass is 11.7. The van der Waals surface area contributed by atoms with Gasteiger partial charge in [0.25, 0.3) is 10.0 Å². The first-order valence-electron chi connectivity index (χ1n) is 1.71. The van der Waals surface area contributed by atoms with E-state index in [0.29, 0.717) is 0 Å². The molecule has 0 aromatic rings. The SMILES string of the molecule is O=S1(=O)CSC(Cl)=N1. The van der Waals surface area contributed by atoms with Crippen molar-refractivity contribution < 1.29 is 8.42 Å². The molecule has 1 aliphatic rings. The summed E-state index contributed by atoms with van der Waals surface area (Å²) in [6.07, 6.45) is 0. The van der Waals surface area contributed by atoms with Crippen molar-refractivity contribution in [2.45, 2.75) is 0 Å². The third kappa shape index (κ3) is 1.37. The molecule has 1 rings (SSSR count). The highest BCUT2D eigenvalue weighted by Gasteiger charge is 2.18. The van der Waals surface area contributed by atoms with E-state index < -0.39 is 10.0 Å². The van der Waals surface area contributed by atoms with E-state index in [4.69, 9.17) is 11.6 Å². The maximum Gasteiger partial charge on any atom is 0.264 e. The number of nitrogens with zero attached hydrogens (tertiary/aromatic N) is 1. The fraction of sp³-hybridized carbons (Fsp3) is 0.500. The van der Waals surface area contributed by atoms with E-state index in [0.717, 1.165) is 11.8 Å². The molecule has 0 N–H and O–H groups in total. The Hall–Kier alpha value is 0.260. The molecule has 0 spiro atoms. The average Bonchev–Trinajstić information content (AvgIpc) is 1.82. The third-order valence-corrected chi connectivity index (χ3v) is 3.62. The van der Waals surface area contributed by atoms with Crippen molar-refractivity contribution in [2.75, 3.05) is 5.08 Å². The van der Waals surface area contributed by atoms with Gasteiger partial charge in [-0.05, 0) is 0 Å². The maximum atomic E-state index is 10.3. The second-order valence-electron chi connectivity index (χ2n) is 1.19.